The van der Waals surface area contributed by atoms with Crippen molar-refractivity contribution in [2.24, 2.45) is 12.0 Å². The molecular weight excluding hydrogens is 368 g/mol. The van der Waals surface area contributed by atoms with Crippen LogP contribution in [0.5, 0.6) is 0 Å². The first-order valence-electron chi connectivity index (χ1n) is 10.2. The molecule has 2 aliphatic rings. The third-order valence-electron chi connectivity index (χ3n) is 5.45. The van der Waals surface area contributed by atoms with Crippen molar-refractivity contribution in [3.8, 4) is 0 Å². The number of hydrogen-bond acceptors (Lipinski definition) is 5. The van der Waals surface area contributed by atoms with Crippen molar-refractivity contribution in [3.05, 3.63) is 47.8 Å². The Hall–Kier alpha value is -2.58. The molecule has 1 unspecified atom stereocenters. The molecule has 0 amide bonds. The fraction of sp³-hybridized carbons (Fsp3) is 0.524. The third kappa shape index (κ3) is 4.71. The maximum Gasteiger partial charge on any atom is 0.194 e. The van der Waals surface area contributed by atoms with Crippen LogP contribution in [0.4, 0.5) is 5.69 Å². The van der Waals surface area contributed by atoms with Gasteiger partial charge in [0, 0.05) is 57.7 Å². The van der Waals surface area contributed by atoms with Crippen molar-refractivity contribution in [1.29, 1.82) is 0 Å². The van der Waals surface area contributed by atoms with Crippen LogP contribution < -0.4 is 10.2 Å². The van der Waals surface area contributed by atoms with E-state index in [2.05, 4.69) is 49.5 Å². The number of aliphatic imine (C=N–C) groups is 1. The second-order valence-electron chi connectivity index (χ2n) is 7.38. The van der Waals surface area contributed by atoms with Gasteiger partial charge in [-0.2, -0.15) is 5.10 Å². The molecule has 1 aromatic carbocycles. The Morgan fingerprint density at radius 3 is 2.79 bits per heavy atom. The number of benzene rings is 1. The van der Waals surface area contributed by atoms with Crippen LogP contribution in [-0.4, -0.2) is 73.7 Å². The largest absolute Gasteiger partial charge is 0.378 e. The lowest BCUT2D eigenvalue weighted by atomic mass is 10.1. The average molecular weight is 399 g/mol. The summed E-state index contributed by atoms with van der Waals surface area (Å²) in [5, 5.41) is 7.82. The second-order valence-corrected chi connectivity index (χ2v) is 7.38. The first-order valence-corrected chi connectivity index (χ1v) is 10.2. The molecule has 2 aromatic rings. The molecule has 0 spiro atoms. The number of aromatic nitrogens is 2. The zero-order valence-electron chi connectivity index (χ0n) is 17.3. The van der Waals surface area contributed by atoms with E-state index in [0.29, 0.717) is 6.61 Å². The molecule has 0 saturated carbocycles. The zero-order chi connectivity index (χ0) is 20.1. The van der Waals surface area contributed by atoms with Gasteiger partial charge in [0.15, 0.2) is 5.96 Å². The van der Waals surface area contributed by atoms with Crippen LogP contribution in [0.25, 0.3) is 0 Å². The van der Waals surface area contributed by atoms with Gasteiger partial charge < -0.3 is 24.6 Å². The van der Waals surface area contributed by atoms with Crippen molar-refractivity contribution in [3.63, 3.8) is 0 Å². The number of anilines is 1. The number of guanidine groups is 1. The van der Waals surface area contributed by atoms with E-state index in [9.17, 15) is 0 Å². The minimum absolute atomic E-state index is 0.0108. The SMILES string of the molecule is CN=C(NCc1ccccc1N1CCOCC1)N1CCOC(c2cnn(C)c2)C1. The predicted octanol–water partition coefficient (Wildman–Crippen LogP) is 1.41. The van der Waals surface area contributed by atoms with Crippen LogP contribution in [0.15, 0.2) is 41.7 Å². The number of morpholine rings is 2. The first kappa shape index (κ1) is 19.7. The average Bonchev–Trinajstić information content (AvgIpc) is 3.22. The van der Waals surface area contributed by atoms with Crippen LogP contribution in [-0.2, 0) is 23.1 Å². The molecule has 0 radical (unpaired) electrons. The smallest absolute Gasteiger partial charge is 0.194 e. The highest BCUT2D eigenvalue weighted by molar-refractivity contribution is 5.80. The van der Waals surface area contributed by atoms with Crippen LogP contribution in [0, 0.1) is 0 Å². The molecule has 1 N–H and O–H groups in total. The van der Waals surface area contributed by atoms with Crippen molar-refractivity contribution < 1.29 is 9.47 Å². The molecule has 156 valence electrons. The Labute approximate surface area is 172 Å². The van der Waals surface area contributed by atoms with Crippen molar-refractivity contribution in [2.45, 2.75) is 12.6 Å². The number of hydrogen-bond donors (Lipinski definition) is 1. The number of aryl methyl sites for hydroxylation is 1. The first-order chi connectivity index (χ1) is 14.2. The summed E-state index contributed by atoms with van der Waals surface area (Å²) in [4.78, 5) is 9.19. The molecular formula is C21H30N6O2. The molecule has 2 aliphatic heterocycles. The van der Waals surface area contributed by atoms with Gasteiger partial charge in [-0.15, -0.1) is 0 Å². The van der Waals surface area contributed by atoms with Gasteiger partial charge in [0.05, 0.1) is 32.6 Å². The summed E-state index contributed by atoms with van der Waals surface area (Å²) in [6.45, 7) is 6.42. The lowest BCUT2D eigenvalue weighted by Crippen LogP contribution is -2.48. The van der Waals surface area contributed by atoms with E-state index in [0.717, 1.165) is 57.5 Å². The number of nitrogens with zero attached hydrogens (tertiary/aromatic N) is 5. The fourth-order valence-corrected chi connectivity index (χ4v) is 3.93. The minimum atomic E-state index is 0.0108. The molecule has 4 rings (SSSR count). The van der Waals surface area contributed by atoms with Crippen molar-refractivity contribution >= 4 is 11.6 Å². The van der Waals surface area contributed by atoms with Gasteiger partial charge in [0.2, 0.25) is 0 Å². The quantitative estimate of drug-likeness (QED) is 0.620. The predicted molar refractivity (Wildman–Crippen MR) is 113 cm³/mol. The summed E-state index contributed by atoms with van der Waals surface area (Å²) >= 11 is 0. The summed E-state index contributed by atoms with van der Waals surface area (Å²) in [5.41, 5.74) is 3.65. The Morgan fingerprint density at radius 1 is 1.21 bits per heavy atom. The lowest BCUT2D eigenvalue weighted by Gasteiger charge is -2.35. The van der Waals surface area contributed by atoms with Gasteiger partial charge in [0.25, 0.3) is 0 Å². The van der Waals surface area contributed by atoms with E-state index >= 15 is 0 Å². The van der Waals surface area contributed by atoms with Crippen molar-refractivity contribution in [1.82, 2.24) is 20.0 Å². The van der Waals surface area contributed by atoms with Gasteiger partial charge in [-0.1, -0.05) is 18.2 Å². The van der Waals surface area contributed by atoms with E-state index in [4.69, 9.17) is 9.47 Å². The summed E-state index contributed by atoms with van der Waals surface area (Å²) < 4.78 is 13.3. The summed E-state index contributed by atoms with van der Waals surface area (Å²) in [6, 6.07) is 8.57. The molecule has 0 aliphatic carbocycles. The monoisotopic (exact) mass is 398 g/mol. The highest BCUT2D eigenvalue weighted by Crippen LogP contribution is 2.23. The molecule has 2 saturated heterocycles. The van der Waals surface area contributed by atoms with Crippen LogP contribution in [0.2, 0.25) is 0 Å². The maximum absolute atomic E-state index is 5.97. The summed E-state index contributed by atoms with van der Waals surface area (Å²) in [5.74, 6) is 0.902. The summed E-state index contributed by atoms with van der Waals surface area (Å²) in [6.07, 6.45) is 3.91. The molecule has 29 heavy (non-hydrogen) atoms. The Balaban J connectivity index is 1.41. The Morgan fingerprint density at radius 2 is 2.03 bits per heavy atom. The molecule has 0 bridgehead atoms. The molecule has 1 aromatic heterocycles. The van der Waals surface area contributed by atoms with Crippen LogP contribution >= 0.6 is 0 Å². The number of para-hydroxylation sites is 1. The van der Waals surface area contributed by atoms with E-state index < -0.39 is 0 Å². The number of rotatable bonds is 4. The van der Waals surface area contributed by atoms with Crippen molar-refractivity contribution in [2.75, 3.05) is 57.9 Å². The van der Waals surface area contributed by atoms with E-state index in [1.54, 1.807) is 0 Å². The highest BCUT2D eigenvalue weighted by atomic mass is 16.5. The van der Waals surface area contributed by atoms with Gasteiger partial charge in [-0.05, 0) is 11.6 Å². The molecule has 3 heterocycles. The van der Waals surface area contributed by atoms with E-state index in [1.807, 2.05) is 31.2 Å². The van der Waals surface area contributed by atoms with E-state index in [-0.39, 0.29) is 6.10 Å². The molecule has 1 atom stereocenters. The standard InChI is InChI=1S/C21H30N6O2/c1-22-21(27-9-12-29-20(16-27)18-14-24-25(2)15-18)23-13-17-5-3-4-6-19(17)26-7-10-28-11-8-26/h3-6,14-15,20H,7-13,16H2,1-2H3,(H,22,23). The second kappa shape index (κ2) is 9.28. The molecule has 2 fully saturated rings. The van der Waals surface area contributed by atoms with Crippen LogP contribution in [0.1, 0.15) is 17.2 Å². The topological polar surface area (TPSA) is 67.2 Å². The molecule has 8 nitrogen and oxygen atoms in total. The fourth-order valence-electron chi connectivity index (χ4n) is 3.93. The Bertz CT molecular complexity index is 830. The van der Waals surface area contributed by atoms with Gasteiger partial charge >= 0.3 is 0 Å². The van der Waals surface area contributed by atoms with Crippen LogP contribution in [0.3, 0.4) is 0 Å². The zero-order valence-corrected chi connectivity index (χ0v) is 17.3. The number of nitrogens with one attached hydrogen (secondary N) is 1. The minimum Gasteiger partial charge on any atom is -0.378 e. The highest BCUT2D eigenvalue weighted by Gasteiger charge is 2.25. The normalized spacial score (nSPS) is 20.8. The lowest BCUT2D eigenvalue weighted by molar-refractivity contribution is -0.00805. The maximum atomic E-state index is 5.97. The Kier molecular flexibility index (Phi) is 6.31. The third-order valence-corrected chi connectivity index (χ3v) is 5.45. The summed E-state index contributed by atoms with van der Waals surface area (Å²) in [7, 11) is 3.77. The molecule has 8 heteroatoms. The van der Waals surface area contributed by atoms with Gasteiger partial charge in [-0.3, -0.25) is 9.67 Å². The van der Waals surface area contributed by atoms with Gasteiger partial charge in [0.1, 0.15) is 6.10 Å². The number of ether oxygens (including phenoxy) is 2. The van der Waals surface area contributed by atoms with E-state index in [1.165, 1.54) is 11.3 Å². The van der Waals surface area contributed by atoms with Gasteiger partial charge in [-0.25, -0.2) is 0 Å².